The zero-order valence-corrected chi connectivity index (χ0v) is 8.75. The molecule has 0 bridgehead atoms. The van der Waals surface area contributed by atoms with Gasteiger partial charge in [0.15, 0.2) is 0 Å². The summed E-state index contributed by atoms with van der Waals surface area (Å²) in [5.74, 6) is 1.12. The average Bonchev–Trinajstić information content (AvgIpc) is 2.82. The second-order valence-corrected chi connectivity index (χ2v) is 4.26. The zero-order valence-electron chi connectivity index (χ0n) is 7.93. The number of primary amides is 1. The van der Waals surface area contributed by atoms with Crippen LogP contribution in [0.5, 0.6) is 0 Å². The summed E-state index contributed by atoms with van der Waals surface area (Å²) < 4.78 is 4.24. The van der Waals surface area contributed by atoms with Gasteiger partial charge in [0.1, 0.15) is 5.82 Å². The van der Waals surface area contributed by atoms with Crippen molar-refractivity contribution in [3.05, 3.63) is 5.82 Å². The number of hydrogen-bond acceptors (Lipinski definition) is 5. The number of anilines is 1. The molecule has 0 atom stereocenters. The molecular formula is C8H12N4OS. The summed E-state index contributed by atoms with van der Waals surface area (Å²) in [6.45, 7) is 0.194. The van der Waals surface area contributed by atoms with Gasteiger partial charge in [-0.1, -0.05) is 0 Å². The third kappa shape index (κ3) is 2.01. The molecule has 0 radical (unpaired) electrons. The number of rotatable bonds is 4. The van der Waals surface area contributed by atoms with Crippen LogP contribution in [0.2, 0.25) is 0 Å². The van der Waals surface area contributed by atoms with Crippen molar-refractivity contribution < 1.29 is 4.79 Å². The topological polar surface area (TPSA) is 72.1 Å². The van der Waals surface area contributed by atoms with Crippen molar-refractivity contribution in [1.82, 2.24) is 9.36 Å². The van der Waals surface area contributed by atoms with Crippen molar-refractivity contribution in [2.45, 2.75) is 18.8 Å². The number of aromatic nitrogens is 2. The number of nitrogens with two attached hydrogens (primary N) is 1. The molecule has 14 heavy (non-hydrogen) atoms. The Morgan fingerprint density at radius 2 is 2.43 bits per heavy atom. The van der Waals surface area contributed by atoms with Gasteiger partial charge in [0.25, 0.3) is 0 Å². The van der Waals surface area contributed by atoms with Gasteiger partial charge in [0.05, 0.1) is 6.54 Å². The highest BCUT2D eigenvalue weighted by Crippen LogP contribution is 2.39. The molecule has 1 fully saturated rings. The molecule has 0 aliphatic heterocycles. The second-order valence-electron chi connectivity index (χ2n) is 3.53. The highest BCUT2D eigenvalue weighted by Gasteiger charge is 2.28. The normalized spacial score (nSPS) is 15.5. The highest BCUT2D eigenvalue weighted by molar-refractivity contribution is 7.09. The van der Waals surface area contributed by atoms with Crippen LogP contribution in [0.3, 0.4) is 0 Å². The van der Waals surface area contributed by atoms with E-state index in [1.54, 1.807) is 11.9 Å². The van der Waals surface area contributed by atoms with E-state index in [1.165, 1.54) is 24.4 Å². The monoisotopic (exact) mass is 212 g/mol. The summed E-state index contributed by atoms with van der Waals surface area (Å²) in [6.07, 6.45) is 2.38. The van der Waals surface area contributed by atoms with Crippen LogP contribution in [0.1, 0.15) is 24.6 Å². The molecule has 5 nitrogen and oxygen atoms in total. The van der Waals surface area contributed by atoms with Crippen molar-refractivity contribution in [1.29, 1.82) is 0 Å². The molecule has 0 aromatic carbocycles. The molecule has 6 heteroatoms. The van der Waals surface area contributed by atoms with E-state index >= 15 is 0 Å². The zero-order chi connectivity index (χ0) is 10.1. The second kappa shape index (κ2) is 3.53. The standard InChI is InChI=1S/C8H12N4OS/c1-12(4-6(9)13)8-10-7(11-14-8)5-2-3-5/h5H,2-4H2,1H3,(H2,9,13). The van der Waals surface area contributed by atoms with Crippen LogP contribution in [-0.2, 0) is 4.79 Å². The first-order valence-electron chi connectivity index (χ1n) is 4.50. The molecule has 0 unspecified atom stereocenters. The minimum atomic E-state index is -0.351. The smallest absolute Gasteiger partial charge is 0.237 e. The van der Waals surface area contributed by atoms with Gasteiger partial charge in [-0.15, -0.1) is 0 Å². The van der Waals surface area contributed by atoms with E-state index in [2.05, 4.69) is 9.36 Å². The van der Waals surface area contributed by atoms with Gasteiger partial charge in [0, 0.05) is 24.5 Å². The Hall–Kier alpha value is -1.17. The molecule has 1 aliphatic rings. The summed E-state index contributed by atoms with van der Waals surface area (Å²) in [6, 6.07) is 0. The van der Waals surface area contributed by atoms with E-state index in [1.807, 2.05) is 0 Å². The third-order valence-corrected chi connectivity index (χ3v) is 2.94. The van der Waals surface area contributed by atoms with Crippen LogP contribution in [0.15, 0.2) is 0 Å². The van der Waals surface area contributed by atoms with Gasteiger partial charge in [0.2, 0.25) is 11.0 Å². The lowest BCUT2D eigenvalue weighted by atomic mass is 10.4. The Bertz CT molecular complexity index is 347. The Labute approximate surface area is 86.1 Å². The van der Waals surface area contributed by atoms with Crippen molar-refractivity contribution >= 4 is 22.6 Å². The number of nitrogens with zero attached hydrogens (tertiary/aromatic N) is 3. The first-order chi connectivity index (χ1) is 6.66. The van der Waals surface area contributed by atoms with E-state index in [9.17, 15) is 4.79 Å². The first-order valence-corrected chi connectivity index (χ1v) is 5.27. The molecule has 2 N–H and O–H groups in total. The Balaban J connectivity index is 2.03. The van der Waals surface area contributed by atoms with Crippen molar-refractivity contribution in [3.8, 4) is 0 Å². The Morgan fingerprint density at radius 3 is 3.00 bits per heavy atom. The van der Waals surface area contributed by atoms with Gasteiger partial charge in [-0.05, 0) is 12.8 Å². The third-order valence-electron chi connectivity index (χ3n) is 2.09. The minimum absolute atomic E-state index is 0.194. The van der Waals surface area contributed by atoms with E-state index in [-0.39, 0.29) is 12.5 Å². The fraction of sp³-hybridized carbons (Fsp3) is 0.625. The molecular weight excluding hydrogens is 200 g/mol. The summed E-state index contributed by atoms with van der Waals surface area (Å²) in [7, 11) is 1.79. The fourth-order valence-electron chi connectivity index (χ4n) is 1.19. The summed E-state index contributed by atoms with van der Waals surface area (Å²) in [5, 5.41) is 0.769. The minimum Gasteiger partial charge on any atom is -0.368 e. The molecule has 76 valence electrons. The van der Waals surface area contributed by atoms with Crippen molar-refractivity contribution in [2.24, 2.45) is 5.73 Å². The van der Waals surface area contributed by atoms with Crippen LogP contribution >= 0.6 is 11.5 Å². The summed E-state index contributed by atoms with van der Waals surface area (Å²) in [5.41, 5.74) is 5.09. The molecule has 1 aromatic rings. The van der Waals surface area contributed by atoms with E-state index < -0.39 is 0 Å². The van der Waals surface area contributed by atoms with Gasteiger partial charge < -0.3 is 10.6 Å². The largest absolute Gasteiger partial charge is 0.368 e. The van der Waals surface area contributed by atoms with E-state index in [4.69, 9.17) is 5.73 Å². The van der Waals surface area contributed by atoms with Crippen LogP contribution in [0.25, 0.3) is 0 Å². The van der Waals surface area contributed by atoms with Crippen LogP contribution in [-0.4, -0.2) is 28.9 Å². The number of carbonyl (C=O) groups excluding carboxylic acids is 1. The molecule has 1 saturated carbocycles. The number of hydrogen-bond donors (Lipinski definition) is 1. The lowest BCUT2D eigenvalue weighted by molar-refractivity contribution is -0.116. The lowest BCUT2D eigenvalue weighted by Gasteiger charge is -2.11. The van der Waals surface area contributed by atoms with Crippen molar-refractivity contribution in [3.63, 3.8) is 0 Å². The highest BCUT2D eigenvalue weighted by atomic mass is 32.1. The van der Waals surface area contributed by atoms with Crippen molar-refractivity contribution in [2.75, 3.05) is 18.5 Å². The molecule has 0 spiro atoms. The van der Waals surface area contributed by atoms with Gasteiger partial charge in [-0.2, -0.15) is 4.37 Å². The Kier molecular flexibility index (Phi) is 2.37. The molecule has 1 heterocycles. The molecule has 0 saturated heterocycles. The van der Waals surface area contributed by atoms with Crippen LogP contribution in [0, 0.1) is 0 Å². The predicted molar refractivity (Wildman–Crippen MR) is 54.3 cm³/mol. The molecule has 1 aliphatic carbocycles. The Morgan fingerprint density at radius 1 is 1.71 bits per heavy atom. The SMILES string of the molecule is CN(CC(N)=O)c1nc(C2CC2)ns1. The number of likely N-dealkylation sites (N-methyl/N-ethyl adjacent to an activating group) is 1. The average molecular weight is 212 g/mol. The molecule has 1 aromatic heterocycles. The van der Waals surface area contributed by atoms with Gasteiger partial charge in [-0.3, -0.25) is 4.79 Å². The number of amides is 1. The lowest BCUT2D eigenvalue weighted by Crippen LogP contribution is -2.30. The predicted octanol–water partition coefficient (Wildman–Crippen LogP) is 0.337. The van der Waals surface area contributed by atoms with E-state index in [0.717, 1.165) is 11.0 Å². The summed E-state index contributed by atoms with van der Waals surface area (Å²) >= 11 is 1.32. The summed E-state index contributed by atoms with van der Waals surface area (Å²) in [4.78, 5) is 16.8. The maximum Gasteiger partial charge on any atom is 0.237 e. The van der Waals surface area contributed by atoms with Crippen LogP contribution < -0.4 is 10.6 Å². The quantitative estimate of drug-likeness (QED) is 0.781. The van der Waals surface area contributed by atoms with Crippen LogP contribution in [0.4, 0.5) is 5.13 Å². The first kappa shape index (κ1) is 9.39. The molecule has 1 amide bonds. The van der Waals surface area contributed by atoms with Gasteiger partial charge >= 0.3 is 0 Å². The number of carbonyl (C=O) groups is 1. The van der Waals surface area contributed by atoms with E-state index in [0.29, 0.717) is 5.92 Å². The maximum absolute atomic E-state index is 10.7. The fourth-order valence-corrected chi connectivity index (χ4v) is 1.89. The maximum atomic E-state index is 10.7. The van der Waals surface area contributed by atoms with Gasteiger partial charge in [-0.25, -0.2) is 4.98 Å². The molecule has 2 rings (SSSR count).